The highest BCUT2D eigenvalue weighted by atomic mass is 15.6. The summed E-state index contributed by atoms with van der Waals surface area (Å²) in [6.07, 6.45) is -0.484. The van der Waals surface area contributed by atoms with Gasteiger partial charge in [-0.3, -0.25) is 5.01 Å². The van der Waals surface area contributed by atoms with Crippen LogP contribution in [0.5, 0.6) is 0 Å². The zero-order valence-electron chi connectivity index (χ0n) is 13.3. The van der Waals surface area contributed by atoms with E-state index in [1.54, 1.807) is 0 Å². The summed E-state index contributed by atoms with van der Waals surface area (Å²) in [5, 5.41) is 7.84. The van der Waals surface area contributed by atoms with Crippen LogP contribution in [0.2, 0.25) is 0 Å². The molecule has 0 saturated carbocycles. The van der Waals surface area contributed by atoms with Gasteiger partial charge in [0.25, 0.3) is 0 Å². The van der Waals surface area contributed by atoms with E-state index < -0.39 is 6.29 Å². The van der Waals surface area contributed by atoms with Crippen molar-refractivity contribution in [1.82, 2.24) is 5.01 Å². The molecule has 1 aliphatic heterocycles. The lowest BCUT2D eigenvalue weighted by Gasteiger charge is -2.30. The lowest BCUT2D eigenvalue weighted by Crippen LogP contribution is -2.50. The molecule has 0 bridgehead atoms. The molecule has 8 N–H and O–H groups in total. The van der Waals surface area contributed by atoms with Crippen molar-refractivity contribution < 1.29 is 0 Å². The maximum atomic E-state index is 6.04. The Hall–Kier alpha value is -3.26. The molecular formula is C16H20N8. The second-order valence-corrected chi connectivity index (χ2v) is 5.41. The summed E-state index contributed by atoms with van der Waals surface area (Å²) in [6, 6.07) is 14.7. The zero-order chi connectivity index (χ0) is 17.1. The Balaban J connectivity index is 1.78. The van der Waals surface area contributed by atoms with Crippen molar-refractivity contribution in [2.45, 2.75) is 13.2 Å². The maximum Gasteiger partial charge on any atom is 0.227 e. The van der Waals surface area contributed by atoms with Crippen LogP contribution in [-0.4, -0.2) is 23.1 Å². The molecule has 24 heavy (non-hydrogen) atoms. The average Bonchev–Trinajstić information content (AvgIpc) is 2.56. The van der Waals surface area contributed by atoms with E-state index in [2.05, 4.69) is 20.6 Å². The number of nitrogen functional groups attached to an aromatic ring is 2. The van der Waals surface area contributed by atoms with Crippen molar-refractivity contribution in [1.29, 1.82) is 0 Å². The molecule has 3 rings (SSSR count). The normalized spacial score (nSPS) is 17.1. The second kappa shape index (κ2) is 6.47. The summed E-state index contributed by atoms with van der Waals surface area (Å²) in [7, 11) is 0. The van der Waals surface area contributed by atoms with Crippen LogP contribution in [0.15, 0.2) is 58.5 Å². The van der Waals surface area contributed by atoms with Crippen LogP contribution < -0.4 is 27.9 Å². The van der Waals surface area contributed by atoms with Crippen LogP contribution in [0.25, 0.3) is 0 Å². The molecule has 2 aromatic rings. The first kappa shape index (κ1) is 15.6. The molecule has 8 nitrogen and oxygen atoms in total. The topological polar surface area (TPSA) is 130 Å². The van der Waals surface area contributed by atoms with Crippen LogP contribution in [-0.2, 0) is 0 Å². The van der Waals surface area contributed by atoms with Crippen LogP contribution in [0.3, 0.4) is 0 Å². The van der Waals surface area contributed by atoms with E-state index in [9.17, 15) is 0 Å². The minimum absolute atomic E-state index is 0.465. The molecule has 0 fully saturated rings. The minimum Gasteiger partial charge on any atom is -0.399 e. The van der Waals surface area contributed by atoms with Crippen molar-refractivity contribution in [3.63, 3.8) is 0 Å². The highest BCUT2D eigenvalue weighted by molar-refractivity contribution is 6.03. The quantitative estimate of drug-likeness (QED) is 0.431. The number of guanidine groups is 1. The molecule has 0 aromatic heterocycles. The van der Waals surface area contributed by atoms with E-state index in [4.69, 9.17) is 17.3 Å². The van der Waals surface area contributed by atoms with Crippen LogP contribution in [0, 0.1) is 0 Å². The number of benzene rings is 2. The number of hydrogen-bond acceptors (Lipinski definition) is 8. The van der Waals surface area contributed by atoms with Crippen molar-refractivity contribution >= 4 is 34.5 Å². The highest BCUT2D eigenvalue weighted by Gasteiger charge is 2.21. The van der Waals surface area contributed by atoms with E-state index in [0.717, 1.165) is 11.4 Å². The summed E-state index contributed by atoms with van der Waals surface area (Å²) < 4.78 is 0. The number of hydrogen-bond donors (Lipinski definition) is 5. The third kappa shape index (κ3) is 3.55. The molecule has 124 valence electrons. The Kier molecular flexibility index (Phi) is 4.21. The predicted molar refractivity (Wildman–Crippen MR) is 99.3 cm³/mol. The fourth-order valence-electron chi connectivity index (χ4n) is 2.18. The first-order valence-corrected chi connectivity index (χ1v) is 7.43. The molecule has 1 atom stereocenters. The van der Waals surface area contributed by atoms with Crippen LogP contribution in [0.1, 0.15) is 6.92 Å². The molecule has 0 spiro atoms. The smallest absolute Gasteiger partial charge is 0.227 e. The summed E-state index contributed by atoms with van der Waals surface area (Å²) in [5.74, 6) is 7.14. The molecule has 0 saturated heterocycles. The third-order valence-corrected chi connectivity index (χ3v) is 3.52. The molecule has 0 radical (unpaired) electrons. The maximum absolute atomic E-state index is 6.04. The van der Waals surface area contributed by atoms with Gasteiger partial charge in [0.05, 0.1) is 0 Å². The van der Waals surface area contributed by atoms with E-state index in [1.807, 2.05) is 55.5 Å². The van der Waals surface area contributed by atoms with Gasteiger partial charge in [0.15, 0.2) is 0 Å². The second-order valence-electron chi connectivity index (χ2n) is 5.41. The molecule has 1 unspecified atom stereocenters. The fourth-order valence-corrected chi connectivity index (χ4v) is 2.18. The first-order valence-electron chi connectivity index (χ1n) is 7.43. The van der Waals surface area contributed by atoms with Gasteiger partial charge in [0, 0.05) is 22.7 Å². The van der Waals surface area contributed by atoms with Gasteiger partial charge in [-0.2, -0.15) is 4.99 Å². The SMILES string of the molecule is CC1=NC(Nc2ccc(N)cc2)=NC(Nc2ccc(N)cc2)N1N. The summed E-state index contributed by atoms with van der Waals surface area (Å²) in [5.41, 5.74) is 14.5. The molecular weight excluding hydrogens is 304 g/mol. The first-order chi connectivity index (χ1) is 11.5. The van der Waals surface area contributed by atoms with E-state index in [-0.39, 0.29) is 0 Å². The Morgan fingerprint density at radius 1 is 0.917 bits per heavy atom. The number of hydrazine groups is 1. The van der Waals surface area contributed by atoms with Crippen LogP contribution in [0.4, 0.5) is 22.7 Å². The summed E-state index contributed by atoms with van der Waals surface area (Å²) >= 11 is 0. The third-order valence-electron chi connectivity index (χ3n) is 3.52. The van der Waals surface area contributed by atoms with E-state index in [1.165, 1.54) is 5.01 Å². The van der Waals surface area contributed by atoms with E-state index >= 15 is 0 Å². The Morgan fingerprint density at radius 3 is 2.04 bits per heavy atom. The Bertz CT molecular complexity index is 764. The Morgan fingerprint density at radius 2 is 1.46 bits per heavy atom. The van der Waals surface area contributed by atoms with Crippen LogP contribution >= 0.6 is 0 Å². The van der Waals surface area contributed by atoms with Gasteiger partial charge >= 0.3 is 0 Å². The monoisotopic (exact) mass is 324 g/mol. The van der Waals surface area contributed by atoms with Crippen molar-refractivity contribution in [3.05, 3.63) is 48.5 Å². The fraction of sp³-hybridized carbons (Fsp3) is 0.125. The molecule has 1 heterocycles. The number of rotatable bonds is 3. The summed E-state index contributed by atoms with van der Waals surface area (Å²) in [4.78, 5) is 8.85. The van der Waals surface area contributed by atoms with Crippen molar-refractivity contribution in [2.75, 3.05) is 22.1 Å². The number of nitrogens with zero attached hydrogens (tertiary/aromatic N) is 3. The molecule has 1 aliphatic rings. The summed E-state index contributed by atoms with van der Waals surface area (Å²) in [6.45, 7) is 1.82. The molecule has 0 amide bonds. The average molecular weight is 324 g/mol. The number of amidine groups is 1. The van der Waals surface area contributed by atoms with Gasteiger partial charge in [0.2, 0.25) is 12.2 Å². The standard InChI is InChI=1S/C16H20N8/c1-10-20-15(21-13-6-2-11(17)3-7-13)23-16(24(10)19)22-14-8-4-12(18)5-9-14/h2-9,16,22H,17-19H2,1H3,(H,21,23). The predicted octanol–water partition coefficient (Wildman–Crippen LogP) is 1.62. The lowest BCUT2D eigenvalue weighted by molar-refractivity contribution is 0.353. The number of nitrogens with two attached hydrogens (primary N) is 3. The molecule has 8 heteroatoms. The van der Waals surface area contributed by atoms with Gasteiger partial charge in [0.1, 0.15) is 5.84 Å². The number of aliphatic imine (C=N–C) groups is 2. The van der Waals surface area contributed by atoms with Gasteiger partial charge in [-0.15, -0.1) is 0 Å². The van der Waals surface area contributed by atoms with Gasteiger partial charge in [-0.25, -0.2) is 10.8 Å². The minimum atomic E-state index is -0.484. The van der Waals surface area contributed by atoms with Gasteiger partial charge in [-0.1, -0.05) is 0 Å². The number of nitrogens with one attached hydrogen (secondary N) is 2. The highest BCUT2D eigenvalue weighted by Crippen LogP contribution is 2.16. The zero-order valence-corrected chi connectivity index (χ0v) is 13.3. The molecule has 0 aliphatic carbocycles. The number of anilines is 4. The van der Waals surface area contributed by atoms with Crippen molar-refractivity contribution in [2.24, 2.45) is 15.8 Å². The largest absolute Gasteiger partial charge is 0.399 e. The molecule has 2 aromatic carbocycles. The van der Waals surface area contributed by atoms with Crippen molar-refractivity contribution in [3.8, 4) is 0 Å². The van der Waals surface area contributed by atoms with Gasteiger partial charge < -0.3 is 22.1 Å². The van der Waals surface area contributed by atoms with E-state index in [0.29, 0.717) is 23.2 Å². The Labute approximate surface area is 140 Å². The van der Waals surface area contributed by atoms with Gasteiger partial charge in [-0.05, 0) is 55.5 Å². The lowest BCUT2D eigenvalue weighted by atomic mass is 10.3.